The third-order valence-corrected chi connectivity index (χ3v) is 7.43. The van der Waals surface area contributed by atoms with Gasteiger partial charge in [0.1, 0.15) is 5.82 Å². The van der Waals surface area contributed by atoms with Crippen molar-refractivity contribution >= 4 is 29.3 Å². The van der Waals surface area contributed by atoms with Crippen molar-refractivity contribution in [1.82, 2.24) is 24.6 Å². The van der Waals surface area contributed by atoms with E-state index in [1.54, 1.807) is 16.7 Å². The number of benzene rings is 2. The number of thioether (sulfide) groups is 1. The zero-order valence-electron chi connectivity index (χ0n) is 21.2. The van der Waals surface area contributed by atoms with Crippen molar-refractivity contribution in [2.75, 3.05) is 25.4 Å². The Morgan fingerprint density at radius 2 is 1.76 bits per heavy atom. The van der Waals surface area contributed by atoms with Crippen LogP contribution in [-0.4, -0.2) is 72.7 Å². The molecule has 0 saturated carbocycles. The molecule has 1 fully saturated rings. The summed E-state index contributed by atoms with van der Waals surface area (Å²) in [6.45, 7) is 7.25. The van der Waals surface area contributed by atoms with Crippen LogP contribution in [0.5, 0.6) is 0 Å². The Morgan fingerprint density at radius 3 is 2.41 bits per heavy atom. The molecule has 1 atom stereocenters. The molecule has 0 N–H and O–H groups in total. The maximum atomic E-state index is 12.9. The standard InChI is InChI=1S/C26H30N6O4S/c1-18-6-10-22(11-7-18)31-20(3)27-28-26(31)37-16-4-5-24(33)29-14-15-30(19(2)17-29)25(34)21-8-12-23(13-9-21)32(35)36/h6-13,19H,4-5,14-17H2,1-3H3/t19-/m0/s1. The number of aryl methyl sites for hydroxylation is 2. The maximum Gasteiger partial charge on any atom is 0.269 e. The van der Waals surface area contributed by atoms with E-state index in [9.17, 15) is 19.7 Å². The second-order valence-electron chi connectivity index (χ2n) is 9.14. The predicted octanol–water partition coefficient (Wildman–Crippen LogP) is 4.04. The van der Waals surface area contributed by atoms with Gasteiger partial charge in [0.15, 0.2) is 5.16 Å². The summed E-state index contributed by atoms with van der Waals surface area (Å²) < 4.78 is 2.02. The summed E-state index contributed by atoms with van der Waals surface area (Å²) in [4.78, 5) is 39.6. The van der Waals surface area contributed by atoms with Gasteiger partial charge in [-0.2, -0.15) is 0 Å². The topological polar surface area (TPSA) is 114 Å². The minimum atomic E-state index is -0.490. The number of piperazine rings is 1. The number of rotatable bonds is 8. The third-order valence-electron chi connectivity index (χ3n) is 6.42. The summed E-state index contributed by atoms with van der Waals surface area (Å²) in [6.07, 6.45) is 1.13. The molecule has 194 valence electrons. The maximum absolute atomic E-state index is 12.9. The Bertz CT molecular complexity index is 1280. The average molecular weight is 523 g/mol. The van der Waals surface area contributed by atoms with E-state index in [2.05, 4.69) is 22.3 Å². The largest absolute Gasteiger partial charge is 0.339 e. The first-order chi connectivity index (χ1) is 17.7. The van der Waals surface area contributed by atoms with Crippen molar-refractivity contribution in [3.63, 3.8) is 0 Å². The highest BCUT2D eigenvalue weighted by atomic mass is 32.2. The van der Waals surface area contributed by atoms with Crippen molar-refractivity contribution in [1.29, 1.82) is 0 Å². The van der Waals surface area contributed by atoms with Crippen LogP contribution in [-0.2, 0) is 4.79 Å². The summed E-state index contributed by atoms with van der Waals surface area (Å²) in [5.74, 6) is 1.45. The van der Waals surface area contributed by atoms with E-state index in [1.165, 1.54) is 29.8 Å². The first-order valence-electron chi connectivity index (χ1n) is 12.2. The van der Waals surface area contributed by atoms with Crippen molar-refractivity contribution in [3.8, 4) is 5.69 Å². The monoisotopic (exact) mass is 522 g/mol. The van der Waals surface area contributed by atoms with Crippen LogP contribution in [0.1, 0.15) is 41.5 Å². The van der Waals surface area contributed by atoms with Gasteiger partial charge in [0.25, 0.3) is 11.6 Å². The lowest BCUT2D eigenvalue weighted by atomic mass is 10.1. The lowest BCUT2D eigenvalue weighted by Gasteiger charge is -2.40. The van der Waals surface area contributed by atoms with Gasteiger partial charge in [0.05, 0.1) is 4.92 Å². The molecule has 37 heavy (non-hydrogen) atoms. The van der Waals surface area contributed by atoms with Crippen molar-refractivity contribution in [2.45, 2.75) is 44.8 Å². The van der Waals surface area contributed by atoms with Crippen LogP contribution in [0.2, 0.25) is 0 Å². The van der Waals surface area contributed by atoms with Crippen molar-refractivity contribution < 1.29 is 14.5 Å². The highest BCUT2D eigenvalue weighted by Crippen LogP contribution is 2.24. The van der Waals surface area contributed by atoms with Crippen LogP contribution in [0.4, 0.5) is 5.69 Å². The van der Waals surface area contributed by atoms with Gasteiger partial charge in [-0.1, -0.05) is 29.5 Å². The lowest BCUT2D eigenvalue weighted by molar-refractivity contribution is -0.384. The van der Waals surface area contributed by atoms with E-state index in [0.29, 0.717) is 38.0 Å². The Balaban J connectivity index is 1.26. The number of non-ortho nitro benzene ring substituents is 1. The smallest absolute Gasteiger partial charge is 0.269 e. The Kier molecular flexibility index (Phi) is 8.22. The molecule has 1 aliphatic heterocycles. The number of carbonyl (C=O) groups excluding carboxylic acids is 2. The van der Waals surface area contributed by atoms with Crippen LogP contribution in [0.15, 0.2) is 53.7 Å². The molecule has 1 aromatic heterocycles. The Hall–Kier alpha value is -3.73. The molecule has 11 heteroatoms. The molecule has 0 unspecified atom stereocenters. The third kappa shape index (κ3) is 6.16. The summed E-state index contributed by atoms with van der Waals surface area (Å²) in [5, 5.41) is 20.2. The molecule has 4 rings (SSSR count). The summed E-state index contributed by atoms with van der Waals surface area (Å²) in [7, 11) is 0. The molecular formula is C26H30N6O4S. The SMILES string of the molecule is Cc1ccc(-n2c(C)nnc2SCCCC(=O)N2CCN(C(=O)c3ccc([N+](=O)[O-])cc3)[C@@H](C)C2)cc1. The second kappa shape index (κ2) is 11.5. The van der Waals surface area contributed by atoms with E-state index < -0.39 is 4.92 Å². The van der Waals surface area contributed by atoms with Gasteiger partial charge in [0, 0.05) is 61.2 Å². The molecule has 1 aliphatic rings. The van der Waals surface area contributed by atoms with Crippen molar-refractivity contribution in [3.05, 3.63) is 75.6 Å². The highest BCUT2D eigenvalue weighted by Gasteiger charge is 2.30. The van der Waals surface area contributed by atoms with E-state index in [0.717, 1.165) is 22.4 Å². The van der Waals surface area contributed by atoms with Gasteiger partial charge < -0.3 is 9.80 Å². The molecule has 2 amide bonds. The fraction of sp³-hybridized carbons (Fsp3) is 0.385. The van der Waals surface area contributed by atoms with E-state index in [4.69, 9.17) is 0 Å². The average Bonchev–Trinajstić information content (AvgIpc) is 3.26. The Morgan fingerprint density at radius 1 is 1.05 bits per heavy atom. The normalized spacial score (nSPS) is 15.6. The first-order valence-corrected chi connectivity index (χ1v) is 13.2. The number of amides is 2. The number of nitrogens with zero attached hydrogens (tertiary/aromatic N) is 6. The fourth-order valence-corrected chi connectivity index (χ4v) is 5.29. The minimum Gasteiger partial charge on any atom is -0.339 e. The summed E-state index contributed by atoms with van der Waals surface area (Å²) in [6, 6.07) is 13.7. The van der Waals surface area contributed by atoms with Crippen molar-refractivity contribution in [2.24, 2.45) is 0 Å². The van der Waals surface area contributed by atoms with Gasteiger partial charge in [-0.05, 0) is 51.5 Å². The first kappa shape index (κ1) is 26.3. The molecule has 3 aromatic rings. The summed E-state index contributed by atoms with van der Waals surface area (Å²) >= 11 is 1.58. The van der Waals surface area contributed by atoms with Gasteiger partial charge in [-0.25, -0.2) is 0 Å². The summed E-state index contributed by atoms with van der Waals surface area (Å²) in [5.41, 5.74) is 2.56. The molecule has 10 nitrogen and oxygen atoms in total. The number of aromatic nitrogens is 3. The molecule has 0 radical (unpaired) electrons. The number of carbonyl (C=O) groups is 2. The predicted molar refractivity (Wildman–Crippen MR) is 141 cm³/mol. The zero-order valence-corrected chi connectivity index (χ0v) is 22.0. The van der Waals surface area contributed by atoms with Crippen LogP contribution in [0, 0.1) is 24.0 Å². The zero-order chi connectivity index (χ0) is 26.5. The van der Waals surface area contributed by atoms with Crippen LogP contribution in [0.25, 0.3) is 5.69 Å². The quantitative estimate of drug-likeness (QED) is 0.190. The second-order valence-corrected chi connectivity index (χ2v) is 10.2. The highest BCUT2D eigenvalue weighted by molar-refractivity contribution is 7.99. The van der Waals surface area contributed by atoms with E-state index >= 15 is 0 Å². The Labute approximate surface area is 219 Å². The molecule has 2 heterocycles. The number of hydrogen-bond donors (Lipinski definition) is 0. The minimum absolute atomic E-state index is 0.0521. The number of nitro groups is 1. The van der Waals surface area contributed by atoms with Gasteiger partial charge in [0.2, 0.25) is 5.91 Å². The molecule has 1 saturated heterocycles. The van der Waals surface area contributed by atoms with Crippen LogP contribution < -0.4 is 0 Å². The molecule has 0 aliphatic carbocycles. The van der Waals surface area contributed by atoms with E-state index in [1.807, 2.05) is 42.4 Å². The van der Waals surface area contributed by atoms with Gasteiger partial charge in [-0.15, -0.1) is 10.2 Å². The van der Waals surface area contributed by atoms with E-state index in [-0.39, 0.29) is 23.5 Å². The number of nitro benzene ring substituents is 1. The lowest BCUT2D eigenvalue weighted by Crippen LogP contribution is -2.55. The number of hydrogen-bond acceptors (Lipinski definition) is 7. The molecule has 2 aromatic carbocycles. The van der Waals surface area contributed by atoms with Gasteiger partial charge in [-0.3, -0.25) is 24.3 Å². The van der Waals surface area contributed by atoms with Gasteiger partial charge >= 0.3 is 0 Å². The van der Waals surface area contributed by atoms with Crippen LogP contribution >= 0.6 is 11.8 Å². The fourth-order valence-electron chi connectivity index (χ4n) is 4.35. The molecule has 0 spiro atoms. The molecule has 0 bridgehead atoms. The molecular weight excluding hydrogens is 492 g/mol. The van der Waals surface area contributed by atoms with Crippen LogP contribution in [0.3, 0.4) is 0 Å².